The molecule has 2 aromatic carbocycles. The lowest BCUT2D eigenvalue weighted by atomic mass is 10.1. The molecule has 0 fully saturated rings. The molecule has 0 bridgehead atoms. The fraction of sp³-hybridized carbons (Fsp3) is 0.133. The lowest BCUT2D eigenvalue weighted by molar-refractivity contribution is 0.0940. The van der Waals surface area contributed by atoms with E-state index in [0.717, 1.165) is 10.0 Å². The van der Waals surface area contributed by atoms with Gasteiger partial charge in [-0.3, -0.25) is 4.79 Å². The summed E-state index contributed by atoms with van der Waals surface area (Å²) in [6, 6.07) is 11.4. The molecule has 1 atom stereocenters. The number of rotatable bonds is 3. The second-order valence-electron chi connectivity index (χ2n) is 4.49. The predicted octanol–water partition coefficient (Wildman–Crippen LogP) is 3.66. The molecular weight excluding hydrogens is 323 g/mol. The molecule has 0 aliphatic rings. The molecule has 0 aliphatic heterocycles. The fourth-order valence-corrected chi connectivity index (χ4v) is 2.24. The van der Waals surface area contributed by atoms with E-state index in [-0.39, 0.29) is 17.6 Å². The first-order chi connectivity index (χ1) is 9.47. The number of amides is 1. The smallest absolute Gasteiger partial charge is 0.251 e. The van der Waals surface area contributed by atoms with Gasteiger partial charge in [-0.1, -0.05) is 28.1 Å². The Morgan fingerprint density at radius 3 is 2.70 bits per heavy atom. The molecule has 2 rings (SSSR count). The predicted molar refractivity (Wildman–Crippen MR) is 80.8 cm³/mol. The standard InChI is InChI=1S/C15H14BrFN2O/c1-9(10-3-2-4-12(16)7-10)19-15(20)11-5-6-13(17)14(18)8-11/h2-9H,18H2,1H3,(H,19,20). The maximum Gasteiger partial charge on any atom is 0.251 e. The van der Waals surface area contributed by atoms with E-state index in [1.165, 1.54) is 18.2 Å². The summed E-state index contributed by atoms with van der Waals surface area (Å²) in [5, 5.41) is 2.85. The zero-order valence-corrected chi connectivity index (χ0v) is 12.4. The number of anilines is 1. The normalized spacial score (nSPS) is 11.9. The zero-order chi connectivity index (χ0) is 14.7. The third-order valence-corrected chi connectivity index (χ3v) is 3.45. The van der Waals surface area contributed by atoms with Crippen LogP contribution < -0.4 is 11.1 Å². The fourth-order valence-electron chi connectivity index (χ4n) is 1.82. The highest BCUT2D eigenvalue weighted by atomic mass is 79.9. The van der Waals surface area contributed by atoms with Gasteiger partial charge in [-0.05, 0) is 42.8 Å². The third-order valence-electron chi connectivity index (χ3n) is 2.95. The summed E-state index contributed by atoms with van der Waals surface area (Å²) in [5.41, 5.74) is 6.74. The minimum Gasteiger partial charge on any atom is -0.396 e. The molecule has 20 heavy (non-hydrogen) atoms. The van der Waals surface area contributed by atoms with E-state index in [9.17, 15) is 9.18 Å². The molecule has 0 heterocycles. The van der Waals surface area contributed by atoms with Crippen molar-refractivity contribution in [2.75, 3.05) is 5.73 Å². The van der Waals surface area contributed by atoms with Gasteiger partial charge in [0.05, 0.1) is 11.7 Å². The van der Waals surface area contributed by atoms with E-state index in [1.54, 1.807) is 0 Å². The lowest BCUT2D eigenvalue weighted by Crippen LogP contribution is -2.26. The van der Waals surface area contributed by atoms with Crippen LogP contribution in [-0.4, -0.2) is 5.91 Å². The largest absolute Gasteiger partial charge is 0.396 e. The minimum atomic E-state index is -0.526. The highest BCUT2D eigenvalue weighted by molar-refractivity contribution is 9.10. The number of carbonyl (C=O) groups is 1. The van der Waals surface area contributed by atoms with Crippen molar-refractivity contribution in [1.82, 2.24) is 5.32 Å². The van der Waals surface area contributed by atoms with Crippen LogP contribution in [0.2, 0.25) is 0 Å². The minimum absolute atomic E-state index is 0.0345. The van der Waals surface area contributed by atoms with E-state index >= 15 is 0 Å². The monoisotopic (exact) mass is 336 g/mol. The molecule has 5 heteroatoms. The van der Waals surface area contributed by atoms with Gasteiger partial charge in [0, 0.05) is 10.0 Å². The maximum atomic E-state index is 13.1. The zero-order valence-electron chi connectivity index (χ0n) is 10.9. The quantitative estimate of drug-likeness (QED) is 0.840. The highest BCUT2D eigenvalue weighted by Gasteiger charge is 2.12. The van der Waals surface area contributed by atoms with E-state index in [4.69, 9.17) is 5.73 Å². The van der Waals surface area contributed by atoms with Crippen molar-refractivity contribution in [1.29, 1.82) is 0 Å². The molecule has 3 nitrogen and oxygen atoms in total. The average Bonchev–Trinajstić information content (AvgIpc) is 2.41. The van der Waals surface area contributed by atoms with Crippen LogP contribution in [0.25, 0.3) is 0 Å². The van der Waals surface area contributed by atoms with Gasteiger partial charge in [0.15, 0.2) is 0 Å². The summed E-state index contributed by atoms with van der Waals surface area (Å²) in [6.07, 6.45) is 0. The Balaban J connectivity index is 2.13. The number of hydrogen-bond donors (Lipinski definition) is 2. The molecular formula is C15H14BrFN2O. The number of nitrogen functional groups attached to an aromatic ring is 1. The first-order valence-electron chi connectivity index (χ1n) is 6.08. The summed E-state index contributed by atoms with van der Waals surface area (Å²) >= 11 is 3.39. The van der Waals surface area contributed by atoms with Crippen LogP contribution in [0.15, 0.2) is 46.9 Å². The summed E-state index contributed by atoms with van der Waals surface area (Å²) < 4.78 is 14.0. The molecule has 0 aromatic heterocycles. The van der Waals surface area contributed by atoms with Gasteiger partial charge in [0.25, 0.3) is 5.91 Å². The second-order valence-corrected chi connectivity index (χ2v) is 5.40. The molecule has 0 saturated heterocycles. The van der Waals surface area contributed by atoms with Gasteiger partial charge in [0.2, 0.25) is 0 Å². The summed E-state index contributed by atoms with van der Waals surface area (Å²) in [6.45, 7) is 1.88. The van der Waals surface area contributed by atoms with Crippen LogP contribution >= 0.6 is 15.9 Å². The van der Waals surface area contributed by atoms with E-state index < -0.39 is 5.82 Å². The number of nitrogens with two attached hydrogens (primary N) is 1. The molecule has 104 valence electrons. The van der Waals surface area contributed by atoms with Crippen LogP contribution in [0.1, 0.15) is 28.9 Å². The van der Waals surface area contributed by atoms with Crippen molar-refractivity contribution >= 4 is 27.5 Å². The first-order valence-corrected chi connectivity index (χ1v) is 6.88. The van der Waals surface area contributed by atoms with Gasteiger partial charge in [-0.15, -0.1) is 0 Å². The maximum absolute atomic E-state index is 13.1. The van der Waals surface area contributed by atoms with E-state index in [1.807, 2.05) is 31.2 Å². The molecule has 0 spiro atoms. The van der Waals surface area contributed by atoms with E-state index in [2.05, 4.69) is 21.2 Å². The van der Waals surface area contributed by atoms with Crippen LogP contribution in [0.5, 0.6) is 0 Å². The van der Waals surface area contributed by atoms with Gasteiger partial charge < -0.3 is 11.1 Å². The summed E-state index contributed by atoms with van der Waals surface area (Å²) in [4.78, 5) is 12.1. The summed E-state index contributed by atoms with van der Waals surface area (Å²) in [7, 11) is 0. The molecule has 1 unspecified atom stereocenters. The van der Waals surface area contributed by atoms with Crippen LogP contribution in [0, 0.1) is 5.82 Å². The number of carbonyl (C=O) groups excluding carboxylic acids is 1. The second kappa shape index (κ2) is 6.05. The first kappa shape index (κ1) is 14.5. The molecule has 1 amide bonds. The molecule has 0 aliphatic carbocycles. The van der Waals surface area contributed by atoms with Crippen molar-refractivity contribution < 1.29 is 9.18 Å². The van der Waals surface area contributed by atoms with Crippen molar-refractivity contribution in [3.63, 3.8) is 0 Å². The Bertz CT molecular complexity index is 646. The van der Waals surface area contributed by atoms with E-state index in [0.29, 0.717) is 5.56 Å². The topological polar surface area (TPSA) is 55.1 Å². The molecule has 0 radical (unpaired) electrons. The van der Waals surface area contributed by atoms with Gasteiger partial charge in [0.1, 0.15) is 5.82 Å². The number of hydrogen-bond acceptors (Lipinski definition) is 2. The van der Waals surface area contributed by atoms with Crippen LogP contribution in [0.3, 0.4) is 0 Å². The SMILES string of the molecule is CC(NC(=O)c1ccc(F)c(N)c1)c1cccc(Br)c1. The van der Waals surface area contributed by atoms with Crippen LogP contribution in [0.4, 0.5) is 10.1 Å². The number of nitrogens with one attached hydrogen (secondary N) is 1. The Kier molecular flexibility index (Phi) is 4.39. The van der Waals surface area contributed by atoms with Crippen LogP contribution in [-0.2, 0) is 0 Å². The lowest BCUT2D eigenvalue weighted by Gasteiger charge is -2.15. The number of halogens is 2. The van der Waals surface area contributed by atoms with Gasteiger partial charge in [-0.25, -0.2) is 4.39 Å². The van der Waals surface area contributed by atoms with Gasteiger partial charge in [-0.2, -0.15) is 0 Å². The Hall–Kier alpha value is -1.88. The molecule has 0 saturated carbocycles. The van der Waals surface area contributed by atoms with Crippen molar-refractivity contribution in [3.8, 4) is 0 Å². The summed E-state index contributed by atoms with van der Waals surface area (Å²) in [5.74, 6) is -0.814. The molecule has 3 N–H and O–H groups in total. The van der Waals surface area contributed by atoms with Crippen molar-refractivity contribution in [2.45, 2.75) is 13.0 Å². The van der Waals surface area contributed by atoms with Crippen molar-refractivity contribution in [2.24, 2.45) is 0 Å². The van der Waals surface area contributed by atoms with Gasteiger partial charge >= 0.3 is 0 Å². The Labute approximate surface area is 125 Å². The highest BCUT2D eigenvalue weighted by Crippen LogP contribution is 2.19. The Morgan fingerprint density at radius 1 is 1.30 bits per heavy atom. The third kappa shape index (κ3) is 3.36. The average molecular weight is 337 g/mol. The number of benzene rings is 2. The van der Waals surface area contributed by atoms with Crippen molar-refractivity contribution in [3.05, 3.63) is 63.9 Å². The Morgan fingerprint density at radius 2 is 2.05 bits per heavy atom. The molecule has 2 aromatic rings.